The number of hydrogen-bond donors (Lipinski definition) is 1. The molecule has 2 aliphatic heterocycles. The standard InChI is InChI=1S/C14H26N2O2/c1-15-10-7-12(8-11-15)16-9-5-3-2-4-6-13(16)14(17)18/h12-13H,2-11H2,1H3,(H,17,18). The Morgan fingerprint density at radius 3 is 2.33 bits per heavy atom. The third kappa shape index (κ3) is 3.45. The smallest absolute Gasteiger partial charge is 0.320 e. The molecule has 0 aromatic heterocycles. The average molecular weight is 254 g/mol. The Labute approximate surface area is 110 Å². The van der Waals surface area contributed by atoms with Gasteiger partial charge in [-0.25, -0.2) is 0 Å². The summed E-state index contributed by atoms with van der Waals surface area (Å²) in [7, 11) is 2.15. The van der Waals surface area contributed by atoms with E-state index in [0.717, 1.165) is 51.7 Å². The molecule has 4 heteroatoms. The van der Waals surface area contributed by atoms with E-state index in [-0.39, 0.29) is 6.04 Å². The Bertz CT molecular complexity index is 275. The molecule has 0 spiro atoms. The first kappa shape index (κ1) is 13.8. The summed E-state index contributed by atoms with van der Waals surface area (Å²) >= 11 is 0. The molecule has 2 fully saturated rings. The highest BCUT2D eigenvalue weighted by Crippen LogP contribution is 2.24. The molecule has 0 saturated carbocycles. The first-order valence-corrected chi connectivity index (χ1v) is 7.35. The van der Waals surface area contributed by atoms with E-state index in [9.17, 15) is 9.90 Å². The maximum atomic E-state index is 11.5. The third-order valence-corrected chi connectivity index (χ3v) is 4.49. The van der Waals surface area contributed by atoms with Crippen molar-refractivity contribution in [1.82, 2.24) is 9.80 Å². The summed E-state index contributed by atoms with van der Waals surface area (Å²) in [5.41, 5.74) is 0. The van der Waals surface area contributed by atoms with Gasteiger partial charge in [-0.1, -0.05) is 19.3 Å². The van der Waals surface area contributed by atoms with Crippen molar-refractivity contribution in [2.75, 3.05) is 26.7 Å². The predicted octanol–water partition coefficient (Wildman–Crippen LogP) is 1.80. The Balaban J connectivity index is 2.01. The van der Waals surface area contributed by atoms with Gasteiger partial charge in [0.1, 0.15) is 6.04 Å². The topological polar surface area (TPSA) is 43.8 Å². The van der Waals surface area contributed by atoms with Crippen LogP contribution in [0.5, 0.6) is 0 Å². The van der Waals surface area contributed by atoms with Crippen LogP contribution in [0.15, 0.2) is 0 Å². The van der Waals surface area contributed by atoms with Crippen LogP contribution in [-0.4, -0.2) is 59.6 Å². The molecule has 0 bridgehead atoms. The molecule has 18 heavy (non-hydrogen) atoms. The summed E-state index contributed by atoms with van der Waals surface area (Å²) in [6, 6.07) is 0.249. The monoisotopic (exact) mass is 254 g/mol. The van der Waals surface area contributed by atoms with Crippen molar-refractivity contribution < 1.29 is 9.90 Å². The average Bonchev–Trinajstić information content (AvgIpc) is 2.30. The molecule has 1 N–H and O–H groups in total. The third-order valence-electron chi connectivity index (χ3n) is 4.49. The lowest BCUT2D eigenvalue weighted by Gasteiger charge is -2.41. The normalized spacial score (nSPS) is 29.7. The fourth-order valence-corrected chi connectivity index (χ4v) is 3.34. The first-order chi connectivity index (χ1) is 8.68. The van der Waals surface area contributed by atoms with Gasteiger partial charge in [0.2, 0.25) is 0 Å². The van der Waals surface area contributed by atoms with Crippen molar-refractivity contribution in [3.8, 4) is 0 Å². The zero-order chi connectivity index (χ0) is 13.0. The van der Waals surface area contributed by atoms with Crippen LogP contribution in [0.3, 0.4) is 0 Å². The van der Waals surface area contributed by atoms with Crippen molar-refractivity contribution >= 4 is 5.97 Å². The molecule has 0 aliphatic carbocycles. The van der Waals surface area contributed by atoms with Gasteiger partial charge in [0.15, 0.2) is 0 Å². The van der Waals surface area contributed by atoms with Crippen LogP contribution in [0.2, 0.25) is 0 Å². The molecule has 0 aromatic rings. The van der Waals surface area contributed by atoms with Crippen LogP contribution in [0, 0.1) is 0 Å². The van der Waals surface area contributed by atoms with Crippen LogP contribution in [0.4, 0.5) is 0 Å². The van der Waals surface area contributed by atoms with Crippen LogP contribution in [0.1, 0.15) is 44.9 Å². The van der Waals surface area contributed by atoms with Gasteiger partial charge in [-0.05, 0) is 52.4 Å². The van der Waals surface area contributed by atoms with E-state index >= 15 is 0 Å². The SMILES string of the molecule is CN1CCC(N2CCCCCCC2C(=O)O)CC1. The molecule has 1 atom stereocenters. The van der Waals surface area contributed by atoms with Gasteiger partial charge >= 0.3 is 5.97 Å². The van der Waals surface area contributed by atoms with E-state index in [0.29, 0.717) is 6.04 Å². The zero-order valence-electron chi connectivity index (χ0n) is 11.5. The molecule has 2 aliphatic rings. The van der Waals surface area contributed by atoms with Crippen LogP contribution < -0.4 is 0 Å². The van der Waals surface area contributed by atoms with Gasteiger partial charge in [0, 0.05) is 6.04 Å². The number of carbonyl (C=O) groups is 1. The minimum absolute atomic E-state index is 0.237. The van der Waals surface area contributed by atoms with Crippen LogP contribution in [0.25, 0.3) is 0 Å². The number of nitrogens with zero attached hydrogens (tertiary/aromatic N) is 2. The Morgan fingerprint density at radius 2 is 1.67 bits per heavy atom. The van der Waals surface area contributed by atoms with E-state index < -0.39 is 5.97 Å². The number of likely N-dealkylation sites (tertiary alicyclic amines) is 2. The highest BCUT2D eigenvalue weighted by atomic mass is 16.4. The number of carboxylic acids is 1. The highest BCUT2D eigenvalue weighted by Gasteiger charge is 2.32. The Morgan fingerprint density at radius 1 is 1.00 bits per heavy atom. The van der Waals surface area contributed by atoms with Crippen LogP contribution >= 0.6 is 0 Å². The van der Waals surface area contributed by atoms with E-state index in [1.165, 1.54) is 12.8 Å². The van der Waals surface area contributed by atoms with Crippen LogP contribution in [-0.2, 0) is 4.79 Å². The maximum Gasteiger partial charge on any atom is 0.320 e. The van der Waals surface area contributed by atoms with Gasteiger partial charge in [-0.2, -0.15) is 0 Å². The highest BCUT2D eigenvalue weighted by molar-refractivity contribution is 5.73. The second-order valence-corrected chi connectivity index (χ2v) is 5.83. The fourth-order valence-electron chi connectivity index (χ4n) is 3.34. The molecule has 0 aromatic carbocycles. The minimum atomic E-state index is -0.615. The predicted molar refractivity (Wildman–Crippen MR) is 71.7 cm³/mol. The number of aliphatic carboxylic acids is 1. The molecular formula is C14H26N2O2. The molecular weight excluding hydrogens is 228 g/mol. The van der Waals surface area contributed by atoms with E-state index in [1.54, 1.807) is 0 Å². The Hall–Kier alpha value is -0.610. The number of piperidine rings is 1. The van der Waals surface area contributed by atoms with Gasteiger partial charge < -0.3 is 10.0 Å². The summed E-state index contributed by atoms with van der Waals surface area (Å²) in [5.74, 6) is -0.615. The number of hydrogen-bond acceptors (Lipinski definition) is 3. The van der Waals surface area contributed by atoms with Crippen molar-refractivity contribution in [1.29, 1.82) is 0 Å². The van der Waals surface area contributed by atoms with E-state index in [1.807, 2.05) is 0 Å². The van der Waals surface area contributed by atoms with Gasteiger partial charge in [0.25, 0.3) is 0 Å². The lowest BCUT2D eigenvalue weighted by atomic mass is 9.96. The summed E-state index contributed by atoms with van der Waals surface area (Å²) in [6.45, 7) is 3.19. The maximum absolute atomic E-state index is 11.5. The molecule has 4 nitrogen and oxygen atoms in total. The van der Waals surface area contributed by atoms with Gasteiger partial charge in [0.05, 0.1) is 0 Å². The second kappa shape index (κ2) is 6.53. The summed E-state index contributed by atoms with van der Waals surface area (Å²) < 4.78 is 0. The first-order valence-electron chi connectivity index (χ1n) is 7.35. The van der Waals surface area contributed by atoms with Gasteiger partial charge in [-0.15, -0.1) is 0 Å². The largest absolute Gasteiger partial charge is 0.480 e. The summed E-state index contributed by atoms with van der Waals surface area (Å²) in [5, 5.41) is 9.46. The lowest BCUT2D eigenvalue weighted by Crippen LogP contribution is -2.51. The molecule has 2 saturated heterocycles. The molecule has 1 unspecified atom stereocenters. The molecule has 0 amide bonds. The quantitative estimate of drug-likeness (QED) is 0.816. The van der Waals surface area contributed by atoms with Crippen molar-refractivity contribution in [3.05, 3.63) is 0 Å². The summed E-state index contributed by atoms with van der Waals surface area (Å²) in [4.78, 5) is 16.1. The van der Waals surface area contributed by atoms with Gasteiger partial charge in [-0.3, -0.25) is 9.69 Å². The van der Waals surface area contributed by atoms with Crippen molar-refractivity contribution in [2.45, 2.75) is 57.0 Å². The van der Waals surface area contributed by atoms with Crippen molar-refractivity contribution in [3.63, 3.8) is 0 Å². The molecule has 2 rings (SSSR count). The molecule has 104 valence electrons. The molecule has 2 heterocycles. The Kier molecular flexibility index (Phi) is 5.01. The fraction of sp³-hybridized carbons (Fsp3) is 0.929. The second-order valence-electron chi connectivity index (χ2n) is 5.83. The van der Waals surface area contributed by atoms with E-state index in [2.05, 4.69) is 16.8 Å². The lowest BCUT2D eigenvalue weighted by molar-refractivity contribution is -0.145. The van der Waals surface area contributed by atoms with Crippen molar-refractivity contribution in [2.24, 2.45) is 0 Å². The zero-order valence-corrected chi connectivity index (χ0v) is 11.5. The number of carboxylic acid groups (broad SMARTS) is 1. The minimum Gasteiger partial charge on any atom is -0.480 e. The summed E-state index contributed by atoms with van der Waals surface area (Å²) in [6.07, 6.45) is 7.78. The van der Waals surface area contributed by atoms with E-state index in [4.69, 9.17) is 0 Å². The molecule has 0 radical (unpaired) electrons. The number of rotatable bonds is 2.